The van der Waals surface area contributed by atoms with E-state index in [0.717, 1.165) is 12.1 Å². The summed E-state index contributed by atoms with van der Waals surface area (Å²) in [7, 11) is 0. The molecule has 0 aliphatic heterocycles. The summed E-state index contributed by atoms with van der Waals surface area (Å²) in [4.78, 5) is 0. The Morgan fingerprint density at radius 3 is 2.53 bits per heavy atom. The highest BCUT2D eigenvalue weighted by atomic mass is 16.3. The van der Waals surface area contributed by atoms with Gasteiger partial charge in [0, 0.05) is 18.7 Å². The van der Waals surface area contributed by atoms with Crippen LogP contribution in [0.15, 0.2) is 12.3 Å². The lowest BCUT2D eigenvalue weighted by molar-refractivity contribution is 0.113. The third kappa shape index (κ3) is 3.34. The van der Waals surface area contributed by atoms with Crippen molar-refractivity contribution in [3.63, 3.8) is 0 Å². The highest BCUT2D eigenvalue weighted by Crippen LogP contribution is 2.13. The molecule has 0 aromatic carbocycles. The summed E-state index contributed by atoms with van der Waals surface area (Å²) in [5.74, 6) is 0.342. The van der Waals surface area contributed by atoms with Gasteiger partial charge in [-0.05, 0) is 25.8 Å². The van der Waals surface area contributed by atoms with E-state index in [1.807, 2.05) is 16.9 Å². The Balaban J connectivity index is 2.57. The molecule has 0 aliphatic rings. The topological polar surface area (TPSA) is 38.0 Å². The lowest BCUT2D eigenvalue weighted by atomic mass is 9.98. The van der Waals surface area contributed by atoms with Crippen LogP contribution in [0, 0.1) is 5.92 Å². The van der Waals surface area contributed by atoms with E-state index in [1.165, 1.54) is 0 Å². The zero-order chi connectivity index (χ0) is 11.4. The van der Waals surface area contributed by atoms with Crippen LogP contribution in [0.5, 0.6) is 0 Å². The van der Waals surface area contributed by atoms with Gasteiger partial charge in [0.2, 0.25) is 0 Å². The molecule has 0 fully saturated rings. The first kappa shape index (κ1) is 12.2. The molecule has 0 radical (unpaired) electrons. The van der Waals surface area contributed by atoms with Crippen LogP contribution in [0.3, 0.4) is 0 Å². The standard InChI is InChI=1S/C12H22N2O/c1-5-10(4)12(15)8-11-6-7-14(13-11)9(2)3/h6-7,9-10,12,15H,5,8H2,1-4H3. The lowest BCUT2D eigenvalue weighted by Gasteiger charge is -2.15. The van der Waals surface area contributed by atoms with Crippen molar-refractivity contribution in [1.82, 2.24) is 9.78 Å². The molecule has 1 rings (SSSR count). The average Bonchev–Trinajstić information content (AvgIpc) is 2.65. The maximum absolute atomic E-state index is 9.87. The van der Waals surface area contributed by atoms with E-state index in [9.17, 15) is 5.11 Å². The van der Waals surface area contributed by atoms with Gasteiger partial charge in [0.25, 0.3) is 0 Å². The van der Waals surface area contributed by atoms with Crippen molar-refractivity contribution in [2.24, 2.45) is 5.92 Å². The van der Waals surface area contributed by atoms with E-state index >= 15 is 0 Å². The Morgan fingerprint density at radius 1 is 1.40 bits per heavy atom. The van der Waals surface area contributed by atoms with Gasteiger partial charge in [-0.1, -0.05) is 20.3 Å². The van der Waals surface area contributed by atoms with Crippen molar-refractivity contribution in [3.05, 3.63) is 18.0 Å². The highest BCUT2D eigenvalue weighted by molar-refractivity contribution is 5.01. The summed E-state index contributed by atoms with van der Waals surface area (Å²) in [6, 6.07) is 2.38. The van der Waals surface area contributed by atoms with E-state index in [-0.39, 0.29) is 6.10 Å². The van der Waals surface area contributed by atoms with Crippen LogP contribution in [-0.2, 0) is 6.42 Å². The normalized spacial score (nSPS) is 15.6. The van der Waals surface area contributed by atoms with Gasteiger partial charge in [0.15, 0.2) is 0 Å². The molecule has 1 aromatic heterocycles. The zero-order valence-corrected chi connectivity index (χ0v) is 10.1. The summed E-state index contributed by atoms with van der Waals surface area (Å²) in [5, 5.41) is 14.3. The highest BCUT2D eigenvalue weighted by Gasteiger charge is 2.14. The number of nitrogens with zero attached hydrogens (tertiary/aromatic N) is 2. The summed E-state index contributed by atoms with van der Waals surface area (Å²) in [5.41, 5.74) is 0.983. The third-order valence-corrected chi connectivity index (χ3v) is 2.91. The minimum atomic E-state index is -0.273. The van der Waals surface area contributed by atoms with Crippen molar-refractivity contribution in [3.8, 4) is 0 Å². The second-order valence-corrected chi connectivity index (χ2v) is 4.54. The SMILES string of the molecule is CCC(C)C(O)Cc1ccn(C(C)C)n1. The Hall–Kier alpha value is -0.830. The molecule has 0 amide bonds. The fourth-order valence-corrected chi connectivity index (χ4v) is 1.46. The van der Waals surface area contributed by atoms with Gasteiger partial charge in [-0.3, -0.25) is 4.68 Å². The molecule has 15 heavy (non-hydrogen) atoms. The van der Waals surface area contributed by atoms with E-state index in [1.54, 1.807) is 0 Å². The van der Waals surface area contributed by atoms with Crippen molar-refractivity contribution < 1.29 is 5.11 Å². The molecule has 1 aromatic rings. The maximum atomic E-state index is 9.87. The minimum Gasteiger partial charge on any atom is -0.392 e. The zero-order valence-electron chi connectivity index (χ0n) is 10.1. The predicted octanol–water partition coefficient (Wildman–Crippen LogP) is 2.41. The van der Waals surface area contributed by atoms with E-state index < -0.39 is 0 Å². The molecule has 1 N–H and O–H groups in total. The fourth-order valence-electron chi connectivity index (χ4n) is 1.46. The molecule has 0 saturated heterocycles. The van der Waals surface area contributed by atoms with Gasteiger partial charge in [0.1, 0.15) is 0 Å². The van der Waals surface area contributed by atoms with Crippen LogP contribution >= 0.6 is 0 Å². The van der Waals surface area contributed by atoms with Crippen molar-refractivity contribution in [2.75, 3.05) is 0 Å². The molecule has 0 aliphatic carbocycles. The summed E-state index contributed by atoms with van der Waals surface area (Å²) < 4.78 is 1.93. The van der Waals surface area contributed by atoms with Gasteiger partial charge in [-0.2, -0.15) is 5.10 Å². The first-order chi connectivity index (χ1) is 7.04. The molecule has 2 atom stereocenters. The number of hydrogen-bond acceptors (Lipinski definition) is 2. The van der Waals surface area contributed by atoms with Gasteiger partial charge < -0.3 is 5.11 Å². The monoisotopic (exact) mass is 210 g/mol. The number of aliphatic hydroxyl groups is 1. The van der Waals surface area contributed by atoms with Crippen LogP contribution in [0.1, 0.15) is 45.9 Å². The van der Waals surface area contributed by atoms with Crippen LogP contribution < -0.4 is 0 Å². The van der Waals surface area contributed by atoms with Crippen molar-refractivity contribution in [1.29, 1.82) is 0 Å². The average molecular weight is 210 g/mol. The summed E-state index contributed by atoms with van der Waals surface area (Å²) in [6.07, 6.45) is 3.37. The van der Waals surface area contributed by atoms with Crippen LogP contribution in [0.4, 0.5) is 0 Å². The molecule has 3 heteroatoms. The molecule has 3 nitrogen and oxygen atoms in total. The summed E-state index contributed by atoms with van der Waals surface area (Å²) in [6.45, 7) is 8.37. The van der Waals surface area contributed by atoms with Gasteiger partial charge >= 0.3 is 0 Å². The number of hydrogen-bond donors (Lipinski definition) is 1. The van der Waals surface area contributed by atoms with Gasteiger partial charge in [-0.15, -0.1) is 0 Å². The van der Waals surface area contributed by atoms with Crippen LogP contribution in [0.25, 0.3) is 0 Å². The third-order valence-electron chi connectivity index (χ3n) is 2.91. The fraction of sp³-hybridized carbons (Fsp3) is 0.750. The lowest BCUT2D eigenvalue weighted by Crippen LogP contribution is -2.20. The van der Waals surface area contributed by atoms with Crippen LogP contribution in [0.2, 0.25) is 0 Å². The number of aromatic nitrogens is 2. The van der Waals surface area contributed by atoms with Crippen LogP contribution in [-0.4, -0.2) is 21.0 Å². The number of rotatable bonds is 5. The molecule has 1 heterocycles. The maximum Gasteiger partial charge on any atom is 0.0650 e. The molecule has 0 spiro atoms. The quantitative estimate of drug-likeness (QED) is 0.810. The first-order valence-corrected chi connectivity index (χ1v) is 5.76. The first-order valence-electron chi connectivity index (χ1n) is 5.76. The molecular formula is C12H22N2O. The Kier molecular flexibility index (Phi) is 4.33. The van der Waals surface area contributed by atoms with Gasteiger partial charge in [-0.25, -0.2) is 0 Å². The van der Waals surface area contributed by atoms with E-state index in [2.05, 4.69) is 32.8 Å². The van der Waals surface area contributed by atoms with Gasteiger partial charge in [0.05, 0.1) is 11.8 Å². The Morgan fingerprint density at radius 2 is 2.07 bits per heavy atom. The Bertz CT molecular complexity index is 294. The Labute approximate surface area is 92.1 Å². The second kappa shape index (κ2) is 5.31. The van der Waals surface area contributed by atoms with E-state index in [4.69, 9.17) is 0 Å². The van der Waals surface area contributed by atoms with Crippen molar-refractivity contribution >= 4 is 0 Å². The van der Waals surface area contributed by atoms with Crippen molar-refractivity contribution in [2.45, 2.75) is 52.7 Å². The predicted molar refractivity (Wildman–Crippen MR) is 61.8 cm³/mol. The molecular weight excluding hydrogens is 188 g/mol. The molecule has 2 unspecified atom stereocenters. The number of aliphatic hydroxyl groups excluding tert-OH is 1. The minimum absolute atomic E-state index is 0.273. The van der Waals surface area contributed by atoms with E-state index in [0.29, 0.717) is 18.4 Å². The molecule has 0 saturated carbocycles. The molecule has 86 valence electrons. The summed E-state index contributed by atoms with van der Waals surface area (Å²) >= 11 is 0. The largest absolute Gasteiger partial charge is 0.392 e. The smallest absolute Gasteiger partial charge is 0.0650 e. The second-order valence-electron chi connectivity index (χ2n) is 4.54. The molecule has 0 bridgehead atoms.